The van der Waals surface area contributed by atoms with E-state index in [4.69, 9.17) is 4.74 Å². The fourth-order valence-electron chi connectivity index (χ4n) is 1.69. The molecule has 0 bridgehead atoms. The van der Waals surface area contributed by atoms with Gasteiger partial charge in [-0.1, -0.05) is 30.3 Å². The Bertz CT molecular complexity index is 430. The molecule has 0 atom stereocenters. The van der Waals surface area contributed by atoms with Crippen LogP contribution in [-0.4, -0.2) is 38.4 Å². The zero-order chi connectivity index (χ0) is 11.4. The van der Waals surface area contributed by atoms with Crippen LogP contribution in [0.5, 0.6) is 0 Å². The zero-order valence-corrected chi connectivity index (χ0v) is 9.82. The van der Waals surface area contributed by atoms with Crippen LogP contribution in [-0.2, 0) is 21.2 Å². The molecular weight excluding hydrogens is 226 g/mol. The van der Waals surface area contributed by atoms with Gasteiger partial charge in [0.2, 0.25) is 10.0 Å². The molecule has 1 aromatic rings. The second kappa shape index (κ2) is 4.95. The van der Waals surface area contributed by atoms with E-state index in [9.17, 15) is 8.42 Å². The molecule has 0 N–H and O–H groups in total. The third-order valence-electron chi connectivity index (χ3n) is 2.60. The molecule has 1 aliphatic heterocycles. The summed E-state index contributed by atoms with van der Waals surface area (Å²) < 4.78 is 29.6. The molecule has 0 aliphatic carbocycles. The van der Waals surface area contributed by atoms with Crippen LogP contribution in [0.4, 0.5) is 0 Å². The summed E-state index contributed by atoms with van der Waals surface area (Å²) in [4.78, 5) is 0. The van der Waals surface area contributed by atoms with Crippen LogP contribution in [0.25, 0.3) is 0 Å². The van der Waals surface area contributed by atoms with E-state index >= 15 is 0 Å². The van der Waals surface area contributed by atoms with Gasteiger partial charge in [0.15, 0.2) is 5.94 Å². The van der Waals surface area contributed by atoms with E-state index in [-0.39, 0.29) is 5.94 Å². The van der Waals surface area contributed by atoms with Gasteiger partial charge in [-0.05, 0) is 12.0 Å². The van der Waals surface area contributed by atoms with E-state index in [0.29, 0.717) is 19.7 Å². The van der Waals surface area contributed by atoms with Crippen molar-refractivity contribution in [1.29, 1.82) is 0 Å². The molecule has 16 heavy (non-hydrogen) atoms. The van der Waals surface area contributed by atoms with E-state index in [2.05, 4.69) is 0 Å². The second-order valence-electron chi connectivity index (χ2n) is 3.77. The van der Waals surface area contributed by atoms with Gasteiger partial charge in [-0.25, -0.2) is 8.42 Å². The molecule has 0 spiro atoms. The summed E-state index contributed by atoms with van der Waals surface area (Å²) in [6.45, 7) is 1.50. The van der Waals surface area contributed by atoms with Gasteiger partial charge in [-0.15, -0.1) is 0 Å². The number of nitrogens with zero attached hydrogens (tertiary/aromatic N) is 1. The molecule has 4 nitrogen and oxygen atoms in total. The topological polar surface area (TPSA) is 46.6 Å². The van der Waals surface area contributed by atoms with Gasteiger partial charge in [0.1, 0.15) is 0 Å². The molecule has 1 fully saturated rings. The van der Waals surface area contributed by atoms with E-state index < -0.39 is 10.0 Å². The number of sulfonamides is 1. The maximum Gasteiger partial charge on any atom is 0.238 e. The number of rotatable bonds is 3. The van der Waals surface area contributed by atoms with E-state index in [1.165, 1.54) is 4.31 Å². The number of hydrogen-bond donors (Lipinski definition) is 0. The highest BCUT2D eigenvalue weighted by molar-refractivity contribution is 7.88. The molecule has 0 unspecified atom stereocenters. The van der Waals surface area contributed by atoms with Crippen molar-refractivity contribution >= 4 is 10.0 Å². The van der Waals surface area contributed by atoms with E-state index in [0.717, 1.165) is 12.0 Å². The van der Waals surface area contributed by atoms with Crippen molar-refractivity contribution in [3.63, 3.8) is 0 Å². The minimum absolute atomic E-state index is 0.179. The van der Waals surface area contributed by atoms with Crippen molar-refractivity contribution < 1.29 is 13.2 Å². The number of ether oxygens (including phenoxy) is 1. The molecule has 5 heteroatoms. The van der Waals surface area contributed by atoms with Crippen molar-refractivity contribution in [2.75, 3.05) is 25.6 Å². The Kier molecular flexibility index (Phi) is 3.58. The third kappa shape index (κ3) is 2.81. The maximum absolute atomic E-state index is 11.6. The standard InChI is InChI=1S/C11H15NO3S/c13-16(14)10-15-9-8-12(16)7-6-11-4-2-1-3-5-11/h1-5H,6-10H2. The predicted octanol–water partition coefficient (Wildman–Crippen LogP) is 0.849. The van der Waals surface area contributed by atoms with Crippen LogP contribution in [0.15, 0.2) is 30.3 Å². The Morgan fingerprint density at radius 2 is 2.00 bits per heavy atom. The average molecular weight is 241 g/mol. The van der Waals surface area contributed by atoms with Crippen LogP contribution in [0, 0.1) is 0 Å². The first-order valence-corrected chi connectivity index (χ1v) is 6.89. The van der Waals surface area contributed by atoms with Gasteiger partial charge in [0, 0.05) is 13.1 Å². The Morgan fingerprint density at radius 1 is 1.25 bits per heavy atom. The molecule has 1 aliphatic rings. The SMILES string of the molecule is O=S1(=O)COCCN1CCc1ccccc1. The summed E-state index contributed by atoms with van der Waals surface area (Å²) in [5, 5.41) is 0. The van der Waals surface area contributed by atoms with Gasteiger partial charge < -0.3 is 4.74 Å². The highest BCUT2D eigenvalue weighted by atomic mass is 32.2. The Morgan fingerprint density at radius 3 is 2.69 bits per heavy atom. The lowest BCUT2D eigenvalue weighted by Crippen LogP contribution is -2.42. The highest BCUT2D eigenvalue weighted by Crippen LogP contribution is 2.09. The van der Waals surface area contributed by atoms with Gasteiger partial charge in [0.25, 0.3) is 0 Å². The average Bonchev–Trinajstić information content (AvgIpc) is 2.28. The van der Waals surface area contributed by atoms with Crippen LogP contribution in [0.3, 0.4) is 0 Å². The molecule has 1 saturated heterocycles. The Balaban J connectivity index is 1.95. The number of hydrogen-bond acceptors (Lipinski definition) is 3. The van der Waals surface area contributed by atoms with Crippen molar-refractivity contribution in [3.05, 3.63) is 35.9 Å². The molecule has 1 aromatic carbocycles. The molecule has 0 saturated carbocycles. The molecule has 0 amide bonds. The maximum atomic E-state index is 11.6. The lowest BCUT2D eigenvalue weighted by Gasteiger charge is -2.26. The molecule has 88 valence electrons. The summed E-state index contributed by atoms with van der Waals surface area (Å²) in [6.07, 6.45) is 0.750. The van der Waals surface area contributed by atoms with E-state index in [1.54, 1.807) is 0 Å². The predicted molar refractivity (Wildman–Crippen MR) is 61.5 cm³/mol. The fraction of sp³-hybridized carbons (Fsp3) is 0.455. The normalized spacial score (nSPS) is 20.8. The summed E-state index contributed by atoms with van der Waals surface area (Å²) in [5.41, 5.74) is 1.16. The molecular formula is C11H15NO3S. The third-order valence-corrected chi connectivity index (χ3v) is 4.22. The first-order valence-electron chi connectivity index (χ1n) is 5.28. The summed E-state index contributed by atoms with van der Waals surface area (Å²) in [7, 11) is -3.18. The quantitative estimate of drug-likeness (QED) is 0.788. The molecule has 1 heterocycles. The van der Waals surface area contributed by atoms with Gasteiger partial charge >= 0.3 is 0 Å². The van der Waals surface area contributed by atoms with Crippen LogP contribution in [0.1, 0.15) is 5.56 Å². The van der Waals surface area contributed by atoms with Crippen LogP contribution < -0.4 is 0 Å². The Labute approximate surface area is 95.9 Å². The minimum Gasteiger partial charge on any atom is -0.363 e. The van der Waals surface area contributed by atoms with Gasteiger partial charge in [-0.3, -0.25) is 0 Å². The van der Waals surface area contributed by atoms with Crippen molar-refractivity contribution in [3.8, 4) is 0 Å². The molecule has 2 rings (SSSR count). The highest BCUT2D eigenvalue weighted by Gasteiger charge is 2.25. The summed E-state index contributed by atoms with van der Waals surface area (Å²) in [5.74, 6) is -0.179. The zero-order valence-electron chi connectivity index (χ0n) is 9.00. The van der Waals surface area contributed by atoms with Crippen molar-refractivity contribution in [2.24, 2.45) is 0 Å². The lowest BCUT2D eigenvalue weighted by molar-refractivity contribution is 0.133. The first kappa shape index (κ1) is 11.6. The van der Waals surface area contributed by atoms with Crippen LogP contribution in [0.2, 0.25) is 0 Å². The minimum atomic E-state index is -3.18. The van der Waals surface area contributed by atoms with Crippen molar-refractivity contribution in [2.45, 2.75) is 6.42 Å². The summed E-state index contributed by atoms with van der Waals surface area (Å²) in [6, 6.07) is 9.89. The fourth-order valence-corrected chi connectivity index (χ4v) is 2.89. The number of benzene rings is 1. The Hall–Kier alpha value is -0.910. The molecule has 0 radical (unpaired) electrons. The van der Waals surface area contributed by atoms with Gasteiger partial charge in [0.05, 0.1) is 6.61 Å². The monoisotopic (exact) mass is 241 g/mol. The molecule has 0 aromatic heterocycles. The largest absolute Gasteiger partial charge is 0.363 e. The van der Waals surface area contributed by atoms with Crippen LogP contribution >= 0.6 is 0 Å². The second-order valence-corrected chi connectivity index (χ2v) is 5.69. The first-order chi connectivity index (χ1) is 7.68. The summed E-state index contributed by atoms with van der Waals surface area (Å²) >= 11 is 0. The van der Waals surface area contributed by atoms with E-state index in [1.807, 2.05) is 30.3 Å². The smallest absolute Gasteiger partial charge is 0.238 e. The van der Waals surface area contributed by atoms with Gasteiger partial charge in [-0.2, -0.15) is 4.31 Å². The lowest BCUT2D eigenvalue weighted by atomic mass is 10.1. The van der Waals surface area contributed by atoms with Crippen molar-refractivity contribution in [1.82, 2.24) is 4.31 Å².